The Kier molecular flexibility index (Phi) is 8.15. The van der Waals surface area contributed by atoms with E-state index in [0.717, 1.165) is 40.9 Å². The van der Waals surface area contributed by atoms with Gasteiger partial charge in [0.2, 0.25) is 0 Å². The van der Waals surface area contributed by atoms with Gasteiger partial charge < -0.3 is 14.6 Å². The summed E-state index contributed by atoms with van der Waals surface area (Å²) in [5.74, 6) is 1.16. The Hall–Kier alpha value is -3.01. The minimum absolute atomic E-state index is 0.111. The number of amides is 1. The molecule has 1 amide bonds. The molecule has 3 aromatic rings. The number of allylic oxidation sites excluding steroid dienone is 1. The number of carbonyl (C=O) groups excluding carboxylic acids is 1. The van der Waals surface area contributed by atoms with Crippen molar-refractivity contribution >= 4 is 22.5 Å². The van der Waals surface area contributed by atoms with Gasteiger partial charge in [0.25, 0.3) is 5.91 Å². The van der Waals surface area contributed by atoms with Gasteiger partial charge in [0, 0.05) is 23.1 Å². The lowest BCUT2D eigenvalue weighted by Gasteiger charge is -2.11. The first-order valence-electron chi connectivity index (χ1n) is 11.7. The van der Waals surface area contributed by atoms with E-state index in [1.54, 1.807) is 0 Å². The van der Waals surface area contributed by atoms with Crippen molar-refractivity contribution in [2.75, 3.05) is 11.9 Å². The molecular weight excluding hydrogens is 396 g/mol. The van der Waals surface area contributed by atoms with Crippen LogP contribution in [-0.2, 0) is 6.54 Å². The van der Waals surface area contributed by atoms with Crippen LogP contribution in [0.5, 0.6) is 5.75 Å². The van der Waals surface area contributed by atoms with Crippen LogP contribution in [0, 0.1) is 6.92 Å². The molecule has 2 aromatic carbocycles. The number of hydrogen-bond donors (Lipinski definition) is 1. The molecule has 0 saturated heterocycles. The van der Waals surface area contributed by atoms with E-state index in [9.17, 15) is 4.79 Å². The number of benzene rings is 2. The molecule has 1 heterocycles. The van der Waals surface area contributed by atoms with Crippen LogP contribution in [0.3, 0.4) is 0 Å². The van der Waals surface area contributed by atoms with Crippen molar-refractivity contribution < 1.29 is 9.53 Å². The number of nitrogens with one attached hydrogen (secondary N) is 1. The van der Waals surface area contributed by atoms with Crippen molar-refractivity contribution in [3.63, 3.8) is 0 Å². The van der Waals surface area contributed by atoms with Crippen LogP contribution in [0.25, 0.3) is 10.9 Å². The molecule has 1 aromatic heterocycles. The zero-order valence-corrected chi connectivity index (χ0v) is 19.9. The first kappa shape index (κ1) is 23.6. The highest BCUT2D eigenvalue weighted by molar-refractivity contribution is 6.08. The maximum Gasteiger partial charge on any atom is 0.272 e. The molecule has 0 radical (unpaired) electrons. The molecule has 3 rings (SSSR count). The molecule has 0 bridgehead atoms. The average molecular weight is 433 g/mol. The molecule has 0 saturated carbocycles. The second-order valence-corrected chi connectivity index (χ2v) is 8.69. The zero-order valence-electron chi connectivity index (χ0n) is 19.9. The molecule has 32 heavy (non-hydrogen) atoms. The quantitative estimate of drug-likeness (QED) is 0.252. The number of anilines is 1. The number of aryl methyl sites for hydroxylation is 1. The molecule has 0 aliphatic rings. The van der Waals surface area contributed by atoms with Gasteiger partial charge in [-0.15, -0.1) is 6.58 Å². The van der Waals surface area contributed by atoms with Gasteiger partial charge in [-0.2, -0.15) is 0 Å². The van der Waals surface area contributed by atoms with E-state index in [4.69, 9.17) is 4.74 Å². The summed E-state index contributed by atoms with van der Waals surface area (Å²) >= 11 is 0. The summed E-state index contributed by atoms with van der Waals surface area (Å²) in [7, 11) is 0. The smallest absolute Gasteiger partial charge is 0.272 e. The number of carbonyl (C=O) groups is 1. The summed E-state index contributed by atoms with van der Waals surface area (Å²) in [6.45, 7) is 13.8. The average Bonchev–Trinajstić information content (AvgIpc) is 3.06. The Morgan fingerprint density at radius 1 is 1.12 bits per heavy atom. The van der Waals surface area contributed by atoms with Gasteiger partial charge in [-0.05, 0) is 66.8 Å². The Labute approximate surface area is 192 Å². The third-order valence-electron chi connectivity index (χ3n) is 5.91. The Bertz CT molecular complexity index is 1060. The Balaban J connectivity index is 1.78. The SMILES string of the molecule is C=CCn1c(C(=O)Nc2ccc(OCCCCCC)cc2)c(C)c2cc(C(C)C)ccc21. The number of hydrogen-bond acceptors (Lipinski definition) is 2. The predicted octanol–water partition coefficient (Wildman–Crippen LogP) is 7.47. The third-order valence-corrected chi connectivity index (χ3v) is 5.91. The van der Waals surface area contributed by atoms with E-state index in [1.165, 1.54) is 24.8 Å². The van der Waals surface area contributed by atoms with Crippen LogP contribution in [-0.4, -0.2) is 17.1 Å². The second kappa shape index (κ2) is 11.0. The summed E-state index contributed by atoms with van der Waals surface area (Å²) in [6.07, 6.45) is 6.56. The molecule has 1 N–H and O–H groups in total. The van der Waals surface area contributed by atoms with Gasteiger partial charge in [0.05, 0.1) is 6.61 Å². The molecule has 0 aliphatic heterocycles. The topological polar surface area (TPSA) is 43.3 Å². The first-order valence-corrected chi connectivity index (χ1v) is 11.7. The third kappa shape index (κ3) is 5.42. The van der Waals surface area contributed by atoms with E-state index in [-0.39, 0.29) is 5.91 Å². The molecule has 0 atom stereocenters. The second-order valence-electron chi connectivity index (χ2n) is 8.69. The van der Waals surface area contributed by atoms with E-state index in [1.807, 2.05) is 41.8 Å². The summed E-state index contributed by atoms with van der Waals surface area (Å²) < 4.78 is 7.86. The largest absolute Gasteiger partial charge is 0.494 e. The van der Waals surface area contributed by atoms with Crippen LogP contribution in [0.4, 0.5) is 5.69 Å². The summed E-state index contributed by atoms with van der Waals surface area (Å²) in [4.78, 5) is 13.3. The van der Waals surface area contributed by atoms with Gasteiger partial charge in [-0.3, -0.25) is 4.79 Å². The minimum Gasteiger partial charge on any atom is -0.494 e. The fourth-order valence-electron chi connectivity index (χ4n) is 4.05. The number of fused-ring (bicyclic) bond motifs is 1. The summed E-state index contributed by atoms with van der Waals surface area (Å²) in [5.41, 5.74) is 4.76. The highest BCUT2D eigenvalue weighted by Crippen LogP contribution is 2.30. The Morgan fingerprint density at radius 2 is 1.88 bits per heavy atom. The van der Waals surface area contributed by atoms with Crippen molar-refractivity contribution in [2.24, 2.45) is 0 Å². The monoisotopic (exact) mass is 432 g/mol. The van der Waals surface area contributed by atoms with E-state index < -0.39 is 0 Å². The lowest BCUT2D eigenvalue weighted by molar-refractivity contribution is 0.101. The van der Waals surface area contributed by atoms with Crippen molar-refractivity contribution in [3.05, 3.63) is 71.9 Å². The fraction of sp³-hybridized carbons (Fsp3) is 0.393. The standard InChI is InChI=1S/C28H36N2O2/c1-6-8-9-10-18-32-24-14-12-23(13-15-24)29-28(31)27-21(5)25-19-22(20(3)4)11-16-26(25)30(27)17-7-2/h7,11-16,19-20H,2,6,8-10,17-18H2,1,3-5H3,(H,29,31). The molecule has 0 unspecified atom stereocenters. The molecule has 0 fully saturated rings. The highest BCUT2D eigenvalue weighted by Gasteiger charge is 2.20. The Morgan fingerprint density at radius 3 is 2.53 bits per heavy atom. The number of unbranched alkanes of at least 4 members (excludes halogenated alkanes) is 3. The van der Waals surface area contributed by atoms with Gasteiger partial charge >= 0.3 is 0 Å². The summed E-state index contributed by atoms with van der Waals surface area (Å²) in [6, 6.07) is 14.1. The molecule has 4 heteroatoms. The molecule has 0 aliphatic carbocycles. The normalized spacial score (nSPS) is 11.2. The van der Waals surface area contributed by atoms with Crippen molar-refractivity contribution in [1.82, 2.24) is 4.57 Å². The van der Waals surface area contributed by atoms with Crippen LogP contribution in [0.15, 0.2) is 55.1 Å². The maximum absolute atomic E-state index is 13.3. The minimum atomic E-state index is -0.111. The van der Waals surface area contributed by atoms with Crippen molar-refractivity contribution in [3.8, 4) is 5.75 Å². The van der Waals surface area contributed by atoms with Gasteiger partial charge in [-0.25, -0.2) is 0 Å². The van der Waals surface area contributed by atoms with E-state index in [2.05, 4.69) is 50.9 Å². The van der Waals surface area contributed by atoms with E-state index in [0.29, 0.717) is 18.2 Å². The molecule has 0 spiro atoms. The lowest BCUT2D eigenvalue weighted by Crippen LogP contribution is -2.18. The number of rotatable bonds is 11. The van der Waals surface area contributed by atoms with Crippen molar-refractivity contribution in [2.45, 2.75) is 65.8 Å². The molecule has 4 nitrogen and oxygen atoms in total. The van der Waals surface area contributed by atoms with Gasteiger partial charge in [0.1, 0.15) is 11.4 Å². The predicted molar refractivity (Wildman–Crippen MR) is 135 cm³/mol. The number of nitrogens with zero attached hydrogens (tertiary/aromatic N) is 1. The van der Waals surface area contributed by atoms with Crippen LogP contribution in [0.1, 0.15) is 74.0 Å². The van der Waals surface area contributed by atoms with Gasteiger partial charge in [-0.1, -0.05) is 52.2 Å². The van der Waals surface area contributed by atoms with Gasteiger partial charge in [0.15, 0.2) is 0 Å². The summed E-state index contributed by atoms with van der Waals surface area (Å²) in [5, 5.41) is 4.18. The number of aromatic nitrogens is 1. The van der Waals surface area contributed by atoms with Crippen LogP contribution < -0.4 is 10.1 Å². The molecule has 170 valence electrons. The van der Waals surface area contributed by atoms with Crippen molar-refractivity contribution in [1.29, 1.82) is 0 Å². The van der Waals surface area contributed by atoms with Crippen LogP contribution in [0.2, 0.25) is 0 Å². The highest BCUT2D eigenvalue weighted by atomic mass is 16.5. The maximum atomic E-state index is 13.3. The molecular formula is C28H36N2O2. The number of ether oxygens (including phenoxy) is 1. The first-order chi connectivity index (χ1) is 15.5. The fourth-order valence-corrected chi connectivity index (χ4v) is 4.05. The zero-order chi connectivity index (χ0) is 23.1. The lowest BCUT2D eigenvalue weighted by atomic mass is 10.0. The van der Waals surface area contributed by atoms with Crippen LogP contribution >= 0.6 is 0 Å². The van der Waals surface area contributed by atoms with E-state index >= 15 is 0 Å².